The van der Waals surface area contributed by atoms with E-state index in [-0.39, 0.29) is 5.69 Å². The van der Waals surface area contributed by atoms with Gasteiger partial charge in [-0.05, 0) is 61.3 Å². The second-order valence-corrected chi connectivity index (χ2v) is 8.07. The molecule has 164 valence electrons. The number of hydrogen-bond donors (Lipinski definition) is 1. The molecular weight excluding hydrogens is 404 g/mol. The van der Waals surface area contributed by atoms with Crippen molar-refractivity contribution in [2.24, 2.45) is 0 Å². The molecule has 32 heavy (non-hydrogen) atoms. The van der Waals surface area contributed by atoms with E-state index in [1.165, 1.54) is 17.5 Å². The highest BCUT2D eigenvalue weighted by atomic mass is 16.5. The third kappa shape index (κ3) is 4.09. The standard InChI is InChI=1S/C24H26N6O2/c1-32-22-6-4-5-18(13-22)16-29-23(17-28-11-2-3-12-28)27-30(24(29)31)21-9-7-19(8-10-21)20-14-25-26-15-20/h4-10,13-15H,2-3,11-12,16-17H2,1H3,(H,25,26). The molecule has 0 radical (unpaired) electrons. The highest BCUT2D eigenvalue weighted by molar-refractivity contribution is 5.62. The minimum atomic E-state index is -0.141. The van der Waals surface area contributed by atoms with Crippen LogP contribution in [0.15, 0.2) is 65.7 Å². The van der Waals surface area contributed by atoms with E-state index in [4.69, 9.17) is 9.84 Å². The van der Waals surface area contributed by atoms with Gasteiger partial charge in [0.15, 0.2) is 0 Å². The highest BCUT2D eigenvalue weighted by Crippen LogP contribution is 2.20. The van der Waals surface area contributed by atoms with Crippen molar-refractivity contribution in [2.75, 3.05) is 20.2 Å². The van der Waals surface area contributed by atoms with Gasteiger partial charge in [0.25, 0.3) is 0 Å². The molecule has 8 heteroatoms. The molecule has 1 aliphatic heterocycles. The van der Waals surface area contributed by atoms with Crippen LogP contribution in [-0.2, 0) is 13.1 Å². The average molecular weight is 431 g/mol. The summed E-state index contributed by atoms with van der Waals surface area (Å²) in [7, 11) is 1.65. The molecule has 1 aliphatic rings. The van der Waals surface area contributed by atoms with Crippen LogP contribution in [0.5, 0.6) is 5.75 Å². The number of benzene rings is 2. The van der Waals surface area contributed by atoms with Crippen molar-refractivity contribution in [3.05, 3.63) is 82.8 Å². The van der Waals surface area contributed by atoms with Crippen LogP contribution in [-0.4, -0.2) is 49.6 Å². The van der Waals surface area contributed by atoms with Gasteiger partial charge in [0.05, 0.1) is 32.1 Å². The summed E-state index contributed by atoms with van der Waals surface area (Å²) in [6.07, 6.45) is 6.00. The normalized spacial score (nSPS) is 14.2. The summed E-state index contributed by atoms with van der Waals surface area (Å²) in [4.78, 5) is 15.8. The van der Waals surface area contributed by atoms with Crippen molar-refractivity contribution >= 4 is 0 Å². The first-order chi connectivity index (χ1) is 15.7. The van der Waals surface area contributed by atoms with E-state index < -0.39 is 0 Å². The number of hydrogen-bond acceptors (Lipinski definition) is 5. The minimum Gasteiger partial charge on any atom is -0.497 e. The van der Waals surface area contributed by atoms with Gasteiger partial charge >= 0.3 is 5.69 Å². The predicted octanol–water partition coefficient (Wildman–Crippen LogP) is 3.08. The molecule has 1 saturated heterocycles. The zero-order valence-electron chi connectivity index (χ0n) is 18.1. The summed E-state index contributed by atoms with van der Waals surface area (Å²) >= 11 is 0. The summed E-state index contributed by atoms with van der Waals surface area (Å²) in [5.74, 6) is 1.55. The van der Waals surface area contributed by atoms with Gasteiger partial charge in [-0.25, -0.2) is 4.79 Å². The first-order valence-electron chi connectivity index (χ1n) is 10.8. The van der Waals surface area contributed by atoms with Crippen molar-refractivity contribution in [3.8, 4) is 22.6 Å². The fraction of sp³-hybridized carbons (Fsp3) is 0.292. The number of nitrogens with one attached hydrogen (secondary N) is 1. The number of aromatic amines is 1. The number of ether oxygens (including phenoxy) is 1. The number of aromatic nitrogens is 5. The Morgan fingerprint density at radius 1 is 1.03 bits per heavy atom. The molecule has 1 N–H and O–H groups in total. The van der Waals surface area contributed by atoms with Crippen molar-refractivity contribution in [2.45, 2.75) is 25.9 Å². The van der Waals surface area contributed by atoms with Crippen LogP contribution in [0.2, 0.25) is 0 Å². The summed E-state index contributed by atoms with van der Waals surface area (Å²) in [5.41, 5.74) is 3.64. The topological polar surface area (TPSA) is 81.0 Å². The SMILES string of the molecule is COc1cccc(Cn2c(CN3CCCC3)nn(-c3ccc(-c4cn[nH]c4)cc3)c2=O)c1. The molecule has 0 amide bonds. The molecule has 2 aromatic heterocycles. The highest BCUT2D eigenvalue weighted by Gasteiger charge is 2.20. The molecule has 0 bridgehead atoms. The summed E-state index contributed by atoms with van der Waals surface area (Å²) < 4.78 is 8.63. The first-order valence-corrected chi connectivity index (χ1v) is 10.8. The molecule has 8 nitrogen and oxygen atoms in total. The van der Waals surface area contributed by atoms with Gasteiger partial charge in [-0.1, -0.05) is 24.3 Å². The van der Waals surface area contributed by atoms with Crippen molar-refractivity contribution in [3.63, 3.8) is 0 Å². The molecule has 0 unspecified atom stereocenters. The Kier molecular flexibility index (Phi) is 5.60. The fourth-order valence-electron chi connectivity index (χ4n) is 4.18. The number of nitrogens with zero attached hydrogens (tertiary/aromatic N) is 5. The van der Waals surface area contributed by atoms with E-state index in [1.807, 2.05) is 54.7 Å². The maximum atomic E-state index is 13.4. The smallest absolute Gasteiger partial charge is 0.351 e. The third-order valence-corrected chi connectivity index (χ3v) is 5.92. The van der Waals surface area contributed by atoms with Gasteiger partial charge in [0.2, 0.25) is 0 Å². The van der Waals surface area contributed by atoms with Crippen LogP contribution < -0.4 is 10.4 Å². The Hall–Kier alpha value is -3.65. The van der Waals surface area contributed by atoms with E-state index in [0.717, 1.165) is 47.0 Å². The van der Waals surface area contributed by atoms with Crippen molar-refractivity contribution in [1.82, 2.24) is 29.4 Å². The lowest BCUT2D eigenvalue weighted by Gasteiger charge is -2.14. The van der Waals surface area contributed by atoms with Crippen LogP contribution in [0, 0.1) is 0 Å². The van der Waals surface area contributed by atoms with Crippen LogP contribution in [0.1, 0.15) is 24.2 Å². The maximum Gasteiger partial charge on any atom is 0.351 e. The lowest BCUT2D eigenvalue weighted by Crippen LogP contribution is -2.27. The summed E-state index contributed by atoms with van der Waals surface area (Å²) in [6, 6.07) is 15.6. The largest absolute Gasteiger partial charge is 0.497 e. The Bertz CT molecular complexity index is 1230. The van der Waals surface area contributed by atoms with Gasteiger partial charge in [-0.3, -0.25) is 14.6 Å². The molecule has 5 rings (SSSR count). The van der Waals surface area contributed by atoms with E-state index in [1.54, 1.807) is 17.9 Å². The van der Waals surface area contributed by atoms with E-state index in [2.05, 4.69) is 15.1 Å². The Morgan fingerprint density at radius 2 is 1.84 bits per heavy atom. The Morgan fingerprint density at radius 3 is 2.56 bits per heavy atom. The van der Waals surface area contributed by atoms with E-state index >= 15 is 0 Å². The maximum absolute atomic E-state index is 13.4. The second-order valence-electron chi connectivity index (χ2n) is 8.07. The van der Waals surface area contributed by atoms with Gasteiger partial charge in [0.1, 0.15) is 11.6 Å². The minimum absolute atomic E-state index is 0.141. The fourth-order valence-corrected chi connectivity index (χ4v) is 4.18. The lowest BCUT2D eigenvalue weighted by molar-refractivity contribution is 0.316. The average Bonchev–Trinajstić information content (AvgIpc) is 3.59. The lowest BCUT2D eigenvalue weighted by atomic mass is 10.1. The Labute approximate surface area is 186 Å². The second kappa shape index (κ2) is 8.84. The van der Waals surface area contributed by atoms with E-state index in [9.17, 15) is 4.79 Å². The summed E-state index contributed by atoms with van der Waals surface area (Å²) in [6.45, 7) is 3.20. The molecule has 0 atom stereocenters. The van der Waals surface area contributed by atoms with Crippen LogP contribution >= 0.6 is 0 Å². The van der Waals surface area contributed by atoms with Crippen molar-refractivity contribution in [1.29, 1.82) is 0 Å². The number of H-pyrrole nitrogens is 1. The zero-order valence-corrected chi connectivity index (χ0v) is 18.1. The molecule has 3 heterocycles. The van der Waals surface area contributed by atoms with Gasteiger partial charge in [-0.2, -0.15) is 9.78 Å². The van der Waals surface area contributed by atoms with Gasteiger partial charge in [-0.15, -0.1) is 5.10 Å². The number of likely N-dealkylation sites (tertiary alicyclic amines) is 1. The van der Waals surface area contributed by atoms with Crippen LogP contribution in [0.4, 0.5) is 0 Å². The number of rotatable bonds is 7. The molecule has 0 aliphatic carbocycles. The van der Waals surface area contributed by atoms with E-state index in [0.29, 0.717) is 13.1 Å². The number of methoxy groups -OCH3 is 1. The zero-order chi connectivity index (χ0) is 21.9. The summed E-state index contributed by atoms with van der Waals surface area (Å²) in [5, 5.41) is 11.6. The van der Waals surface area contributed by atoms with Gasteiger partial charge < -0.3 is 4.74 Å². The van der Waals surface area contributed by atoms with Crippen molar-refractivity contribution < 1.29 is 4.74 Å². The molecule has 2 aromatic carbocycles. The molecule has 1 fully saturated rings. The first kappa shape index (κ1) is 20.3. The predicted molar refractivity (Wildman–Crippen MR) is 122 cm³/mol. The molecule has 4 aromatic rings. The van der Waals surface area contributed by atoms with Gasteiger partial charge in [0, 0.05) is 11.8 Å². The van der Waals surface area contributed by atoms with Crippen LogP contribution in [0.25, 0.3) is 16.8 Å². The quantitative estimate of drug-likeness (QED) is 0.487. The Balaban J connectivity index is 1.50. The van der Waals surface area contributed by atoms with Crippen LogP contribution in [0.3, 0.4) is 0 Å². The third-order valence-electron chi connectivity index (χ3n) is 5.92. The molecule has 0 saturated carbocycles. The monoisotopic (exact) mass is 430 g/mol. The molecule has 0 spiro atoms. The molecular formula is C24H26N6O2.